The Balaban J connectivity index is 3.49. The van der Waals surface area contributed by atoms with Crippen LogP contribution in [0.2, 0.25) is 0 Å². The first-order valence-corrected chi connectivity index (χ1v) is 8.11. The van der Waals surface area contributed by atoms with E-state index in [0.717, 1.165) is 25.7 Å². The van der Waals surface area contributed by atoms with Crippen molar-refractivity contribution < 1.29 is 28.5 Å². The summed E-state index contributed by atoms with van der Waals surface area (Å²) in [5.41, 5.74) is 0. The van der Waals surface area contributed by atoms with Crippen LogP contribution in [0, 0.1) is 0 Å². The predicted octanol–water partition coefficient (Wildman–Crippen LogP) is 3.18. The Bertz CT molecular complexity index is 275. The maximum absolute atomic E-state index is 11.5. The van der Waals surface area contributed by atoms with Crippen molar-refractivity contribution in [2.75, 3.05) is 13.2 Å². The molecular weight excluding hydrogens is 288 g/mol. The van der Waals surface area contributed by atoms with Gasteiger partial charge in [0, 0.05) is 26.1 Å². The number of hydrogen-bond acceptors (Lipinski definition) is 6. The van der Waals surface area contributed by atoms with E-state index in [4.69, 9.17) is 18.9 Å². The number of esters is 2. The molecule has 0 rings (SSSR count). The van der Waals surface area contributed by atoms with E-state index >= 15 is 0 Å². The van der Waals surface area contributed by atoms with Crippen LogP contribution in [0.15, 0.2) is 0 Å². The zero-order valence-electron chi connectivity index (χ0n) is 14.3. The van der Waals surface area contributed by atoms with Gasteiger partial charge in [-0.25, -0.2) is 0 Å². The lowest BCUT2D eigenvalue weighted by atomic mass is 10.1. The fourth-order valence-corrected chi connectivity index (χ4v) is 1.92. The lowest BCUT2D eigenvalue weighted by Gasteiger charge is -2.13. The van der Waals surface area contributed by atoms with Gasteiger partial charge in [-0.2, -0.15) is 0 Å². The smallest absolute Gasteiger partial charge is 0.308 e. The molecular formula is C16H30O6. The number of unbranched alkanes of at least 4 members (excludes halogenated alkanes) is 3. The average Bonchev–Trinajstić information content (AvgIpc) is 2.42. The van der Waals surface area contributed by atoms with Crippen LogP contribution in [0.4, 0.5) is 0 Å². The van der Waals surface area contributed by atoms with Gasteiger partial charge in [-0.15, -0.1) is 0 Å². The number of rotatable bonds is 13. The van der Waals surface area contributed by atoms with Crippen molar-refractivity contribution in [1.82, 2.24) is 0 Å². The molecule has 6 nitrogen and oxygen atoms in total. The van der Waals surface area contributed by atoms with Crippen LogP contribution in [0.25, 0.3) is 0 Å². The molecule has 0 heterocycles. The molecule has 0 aliphatic heterocycles. The monoisotopic (exact) mass is 318 g/mol. The summed E-state index contributed by atoms with van der Waals surface area (Å²) >= 11 is 0. The van der Waals surface area contributed by atoms with Crippen LogP contribution in [0.1, 0.15) is 66.2 Å². The summed E-state index contributed by atoms with van der Waals surface area (Å²) in [5.74, 6) is -0.489. The summed E-state index contributed by atoms with van der Waals surface area (Å²) in [6, 6.07) is 0. The summed E-state index contributed by atoms with van der Waals surface area (Å²) in [6.07, 6.45) is 3.05. The maximum atomic E-state index is 11.5. The highest BCUT2D eigenvalue weighted by Gasteiger charge is 2.10. The third kappa shape index (κ3) is 12.6. The van der Waals surface area contributed by atoms with Crippen molar-refractivity contribution in [1.29, 1.82) is 0 Å². The van der Waals surface area contributed by atoms with Crippen molar-refractivity contribution in [2.45, 2.75) is 78.8 Å². The quantitative estimate of drug-likeness (QED) is 0.295. The van der Waals surface area contributed by atoms with Gasteiger partial charge in [0.2, 0.25) is 0 Å². The molecule has 22 heavy (non-hydrogen) atoms. The van der Waals surface area contributed by atoms with Gasteiger partial charge in [0.15, 0.2) is 12.6 Å². The standard InChI is InChI=1S/C16H30O6/c1-5-19-13(3)21-15(17)11-9-7-8-10-12-16(18)22-14(4)20-6-2/h13-14H,5-12H2,1-4H3. The van der Waals surface area contributed by atoms with Crippen LogP contribution in [0.5, 0.6) is 0 Å². The average molecular weight is 318 g/mol. The Kier molecular flexibility index (Phi) is 12.8. The second kappa shape index (κ2) is 13.5. The Morgan fingerprint density at radius 1 is 0.727 bits per heavy atom. The summed E-state index contributed by atoms with van der Waals surface area (Å²) in [4.78, 5) is 22.9. The van der Waals surface area contributed by atoms with Gasteiger partial charge in [-0.05, 0) is 40.5 Å². The fraction of sp³-hybridized carbons (Fsp3) is 0.875. The number of carbonyl (C=O) groups excluding carboxylic acids is 2. The SMILES string of the molecule is CCOC(C)OC(=O)CCCCCCC(=O)OC(C)OCC. The Morgan fingerprint density at radius 2 is 1.09 bits per heavy atom. The van der Waals surface area contributed by atoms with E-state index in [0.29, 0.717) is 26.1 Å². The zero-order chi connectivity index (χ0) is 16.8. The molecule has 0 aromatic heterocycles. The highest BCUT2D eigenvalue weighted by atomic mass is 16.7. The van der Waals surface area contributed by atoms with Crippen molar-refractivity contribution in [2.24, 2.45) is 0 Å². The van der Waals surface area contributed by atoms with E-state index in [1.807, 2.05) is 13.8 Å². The number of ether oxygens (including phenoxy) is 4. The van der Waals surface area contributed by atoms with Crippen molar-refractivity contribution in [3.63, 3.8) is 0 Å². The molecule has 0 fully saturated rings. The molecule has 0 amide bonds. The molecule has 2 unspecified atom stereocenters. The topological polar surface area (TPSA) is 71.1 Å². The molecule has 0 aliphatic carbocycles. The minimum Gasteiger partial charge on any atom is -0.436 e. The third-order valence-electron chi connectivity index (χ3n) is 2.91. The Morgan fingerprint density at radius 3 is 1.41 bits per heavy atom. The molecule has 0 saturated carbocycles. The molecule has 0 N–H and O–H groups in total. The molecule has 2 atom stereocenters. The lowest BCUT2D eigenvalue weighted by Crippen LogP contribution is -2.18. The first kappa shape index (κ1) is 20.9. The number of carbonyl (C=O) groups is 2. The minimum atomic E-state index is -0.486. The van der Waals surface area contributed by atoms with Gasteiger partial charge in [-0.1, -0.05) is 12.8 Å². The number of hydrogen-bond donors (Lipinski definition) is 0. The summed E-state index contributed by atoms with van der Waals surface area (Å²) in [5, 5.41) is 0. The molecule has 0 aliphatic rings. The van der Waals surface area contributed by atoms with E-state index in [-0.39, 0.29) is 11.9 Å². The Labute approximate surface area is 133 Å². The third-order valence-corrected chi connectivity index (χ3v) is 2.91. The van der Waals surface area contributed by atoms with Crippen LogP contribution in [-0.2, 0) is 28.5 Å². The van der Waals surface area contributed by atoms with Crippen molar-refractivity contribution in [3.8, 4) is 0 Å². The molecule has 0 radical (unpaired) electrons. The van der Waals surface area contributed by atoms with Crippen LogP contribution >= 0.6 is 0 Å². The van der Waals surface area contributed by atoms with Gasteiger partial charge in [-0.3, -0.25) is 9.59 Å². The first-order chi connectivity index (χ1) is 10.5. The molecule has 0 saturated heterocycles. The van der Waals surface area contributed by atoms with E-state index in [1.165, 1.54) is 0 Å². The first-order valence-electron chi connectivity index (χ1n) is 8.11. The largest absolute Gasteiger partial charge is 0.436 e. The van der Waals surface area contributed by atoms with Gasteiger partial charge in [0.05, 0.1) is 0 Å². The van der Waals surface area contributed by atoms with Crippen LogP contribution < -0.4 is 0 Å². The molecule has 0 aromatic rings. The molecule has 0 aromatic carbocycles. The fourth-order valence-electron chi connectivity index (χ4n) is 1.92. The van der Waals surface area contributed by atoms with Crippen molar-refractivity contribution >= 4 is 11.9 Å². The second-order valence-corrected chi connectivity index (χ2v) is 4.94. The molecule has 130 valence electrons. The Hall–Kier alpha value is -1.14. The summed E-state index contributed by atoms with van der Waals surface area (Å²) < 4.78 is 20.4. The lowest BCUT2D eigenvalue weighted by molar-refractivity contribution is -0.175. The summed E-state index contributed by atoms with van der Waals surface area (Å²) in [6.45, 7) is 8.15. The molecule has 0 spiro atoms. The highest BCUT2D eigenvalue weighted by Crippen LogP contribution is 2.09. The van der Waals surface area contributed by atoms with Gasteiger partial charge >= 0.3 is 11.9 Å². The van der Waals surface area contributed by atoms with E-state index < -0.39 is 12.6 Å². The van der Waals surface area contributed by atoms with E-state index in [2.05, 4.69) is 0 Å². The minimum absolute atomic E-state index is 0.245. The maximum Gasteiger partial charge on any atom is 0.308 e. The predicted molar refractivity (Wildman–Crippen MR) is 82.1 cm³/mol. The van der Waals surface area contributed by atoms with Gasteiger partial charge < -0.3 is 18.9 Å². The summed E-state index contributed by atoms with van der Waals surface area (Å²) in [7, 11) is 0. The molecule has 0 bridgehead atoms. The van der Waals surface area contributed by atoms with Crippen LogP contribution in [-0.4, -0.2) is 37.7 Å². The van der Waals surface area contributed by atoms with E-state index in [1.54, 1.807) is 13.8 Å². The zero-order valence-corrected chi connectivity index (χ0v) is 14.3. The molecule has 6 heteroatoms. The highest BCUT2D eigenvalue weighted by molar-refractivity contribution is 5.69. The van der Waals surface area contributed by atoms with Crippen LogP contribution in [0.3, 0.4) is 0 Å². The van der Waals surface area contributed by atoms with Gasteiger partial charge in [0.1, 0.15) is 0 Å². The second-order valence-electron chi connectivity index (χ2n) is 4.94. The van der Waals surface area contributed by atoms with E-state index in [9.17, 15) is 9.59 Å². The van der Waals surface area contributed by atoms with Gasteiger partial charge in [0.25, 0.3) is 0 Å². The normalized spacial score (nSPS) is 13.5. The van der Waals surface area contributed by atoms with Crippen molar-refractivity contribution in [3.05, 3.63) is 0 Å².